The summed E-state index contributed by atoms with van der Waals surface area (Å²) in [6, 6.07) is 11.0. The van der Waals surface area contributed by atoms with Crippen LogP contribution in [-0.4, -0.2) is 29.3 Å². The third-order valence-electron chi connectivity index (χ3n) is 2.78. The molecule has 0 bridgehead atoms. The zero-order valence-corrected chi connectivity index (χ0v) is 11.8. The second-order valence-corrected chi connectivity index (χ2v) is 4.52. The Kier molecular flexibility index (Phi) is 5.15. The van der Waals surface area contributed by atoms with Crippen LogP contribution in [0.2, 0.25) is 0 Å². The van der Waals surface area contributed by atoms with Gasteiger partial charge in [-0.1, -0.05) is 12.1 Å². The number of nitrogens with zero attached hydrogens (tertiary/aromatic N) is 1. The first-order chi connectivity index (χ1) is 10.2. The van der Waals surface area contributed by atoms with E-state index in [1.54, 1.807) is 12.1 Å². The van der Waals surface area contributed by atoms with Crippen molar-refractivity contribution in [3.8, 4) is 11.5 Å². The predicted molar refractivity (Wildman–Crippen MR) is 78.0 cm³/mol. The highest BCUT2D eigenvalue weighted by Gasteiger charge is 2.11. The monoisotopic (exact) mass is 287 g/mol. The van der Waals surface area contributed by atoms with Crippen LogP contribution in [0.1, 0.15) is 22.5 Å². The lowest BCUT2D eigenvalue weighted by atomic mass is 10.2. The van der Waals surface area contributed by atoms with E-state index in [9.17, 15) is 4.79 Å². The molecular formula is C16H17NO4. The molecule has 1 heterocycles. The highest BCUT2D eigenvalue weighted by atomic mass is 16.5. The third kappa shape index (κ3) is 4.49. The van der Waals surface area contributed by atoms with Crippen LogP contribution in [-0.2, 0) is 0 Å². The van der Waals surface area contributed by atoms with Crippen molar-refractivity contribution in [2.24, 2.45) is 0 Å². The fourth-order valence-electron chi connectivity index (χ4n) is 1.80. The van der Waals surface area contributed by atoms with Crippen LogP contribution in [0.4, 0.5) is 0 Å². The average Bonchev–Trinajstić information content (AvgIpc) is 2.47. The smallest absolute Gasteiger partial charge is 0.358 e. The van der Waals surface area contributed by atoms with Gasteiger partial charge in [0.25, 0.3) is 0 Å². The number of aryl methyl sites for hydroxylation is 1. The van der Waals surface area contributed by atoms with E-state index in [1.165, 1.54) is 6.20 Å². The summed E-state index contributed by atoms with van der Waals surface area (Å²) in [6.45, 7) is 2.88. The topological polar surface area (TPSA) is 68.7 Å². The molecule has 0 atom stereocenters. The molecule has 0 aliphatic carbocycles. The highest BCUT2D eigenvalue weighted by molar-refractivity contribution is 5.88. The molecule has 0 aliphatic rings. The lowest BCUT2D eigenvalue weighted by Gasteiger charge is -2.09. The summed E-state index contributed by atoms with van der Waals surface area (Å²) in [7, 11) is 0. The number of benzene rings is 1. The lowest BCUT2D eigenvalue weighted by molar-refractivity contribution is 0.0685. The average molecular weight is 287 g/mol. The first-order valence-corrected chi connectivity index (χ1v) is 6.67. The van der Waals surface area contributed by atoms with Gasteiger partial charge in [0.2, 0.25) is 0 Å². The molecule has 0 unspecified atom stereocenters. The van der Waals surface area contributed by atoms with Crippen LogP contribution in [0.3, 0.4) is 0 Å². The molecule has 1 aromatic carbocycles. The maximum absolute atomic E-state index is 11.0. The molecule has 0 amide bonds. The summed E-state index contributed by atoms with van der Waals surface area (Å²) in [4.78, 5) is 14.7. The molecule has 21 heavy (non-hydrogen) atoms. The Labute approximate surface area is 123 Å². The minimum absolute atomic E-state index is 0.0721. The highest BCUT2D eigenvalue weighted by Crippen LogP contribution is 2.16. The van der Waals surface area contributed by atoms with Gasteiger partial charge in [-0.2, -0.15) is 0 Å². The zero-order valence-electron chi connectivity index (χ0n) is 11.8. The molecule has 0 spiro atoms. The zero-order chi connectivity index (χ0) is 15.1. The van der Waals surface area contributed by atoms with E-state index in [-0.39, 0.29) is 11.4 Å². The number of aromatic carboxylic acids is 1. The summed E-state index contributed by atoms with van der Waals surface area (Å²) < 4.78 is 11.0. The van der Waals surface area contributed by atoms with Crippen molar-refractivity contribution in [1.29, 1.82) is 0 Å². The van der Waals surface area contributed by atoms with E-state index in [0.29, 0.717) is 19.6 Å². The van der Waals surface area contributed by atoms with Gasteiger partial charge in [0.15, 0.2) is 11.4 Å². The third-order valence-corrected chi connectivity index (χ3v) is 2.78. The van der Waals surface area contributed by atoms with E-state index in [4.69, 9.17) is 14.6 Å². The predicted octanol–water partition coefficient (Wildman–Crippen LogP) is 2.94. The summed E-state index contributed by atoms with van der Waals surface area (Å²) in [5.74, 6) is 0.00442. The molecule has 1 N–H and O–H groups in total. The van der Waals surface area contributed by atoms with Crippen LogP contribution in [0.25, 0.3) is 0 Å². The summed E-state index contributed by atoms with van der Waals surface area (Å²) >= 11 is 0. The largest absolute Gasteiger partial charge is 0.493 e. The van der Waals surface area contributed by atoms with Crippen molar-refractivity contribution in [2.75, 3.05) is 13.2 Å². The summed E-state index contributed by atoms with van der Waals surface area (Å²) in [5, 5.41) is 8.98. The Balaban J connectivity index is 1.76. The molecule has 0 fully saturated rings. The van der Waals surface area contributed by atoms with Crippen LogP contribution < -0.4 is 9.47 Å². The molecule has 1 aromatic heterocycles. The summed E-state index contributed by atoms with van der Waals surface area (Å²) in [6.07, 6.45) is 2.08. The van der Waals surface area contributed by atoms with E-state index in [1.807, 2.05) is 31.2 Å². The Morgan fingerprint density at radius 2 is 2.00 bits per heavy atom. The van der Waals surface area contributed by atoms with Gasteiger partial charge in [0, 0.05) is 12.6 Å². The van der Waals surface area contributed by atoms with Crippen molar-refractivity contribution in [1.82, 2.24) is 4.98 Å². The number of carbonyl (C=O) groups is 1. The number of aromatic nitrogens is 1. The number of carboxylic acids is 1. The molecule has 5 heteroatoms. The van der Waals surface area contributed by atoms with Crippen LogP contribution in [0.5, 0.6) is 11.5 Å². The van der Waals surface area contributed by atoms with Gasteiger partial charge in [-0.15, -0.1) is 0 Å². The molecule has 110 valence electrons. The van der Waals surface area contributed by atoms with E-state index in [0.717, 1.165) is 11.3 Å². The Morgan fingerprint density at radius 3 is 2.76 bits per heavy atom. The second kappa shape index (κ2) is 7.28. The number of carboxylic acid groups (broad SMARTS) is 1. The van der Waals surface area contributed by atoms with E-state index in [2.05, 4.69) is 4.98 Å². The van der Waals surface area contributed by atoms with Crippen molar-refractivity contribution in [3.05, 3.63) is 53.9 Å². The maximum Gasteiger partial charge on any atom is 0.358 e. The number of pyridine rings is 1. The molecular weight excluding hydrogens is 270 g/mol. The van der Waals surface area contributed by atoms with Gasteiger partial charge in [0.05, 0.1) is 13.2 Å². The van der Waals surface area contributed by atoms with Crippen molar-refractivity contribution in [3.63, 3.8) is 0 Å². The fourth-order valence-corrected chi connectivity index (χ4v) is 1.80. The maximum atomic E-state index is 11.0. The summed E-state index contributed by atoms with van der Waals surface area (Å²) in [5.41, 5.74) is 1.07. The normalized spacial score (nSPS) is 10.1. The first-order valence-electron chi connectivity index (χ1n) is 6.67. The minimum Gasteiger partial charge on any atom is -0.493 e. The van der Waals surface area contributed by atoms with Crippen molar-refractivity contribution >= 4 is 5.97 Å². The van der Waals surface area contributed by atoms with Crippen molar-refractivity contribution < 1.29 is 19.4 Å². The number of hydrogen-bond donors (Lipinski definition) is 1. The molecule has 0 aliphatic heterocycles. The number of rotatable bonds is 7. The van der Waals surface area contributed by atoms with Crippen LogP contribution in [0.15, 0.2) is 42.6 Å². The van der Waals surface area contributed by atoms with Gasteiger partial charge in [-0.25, -0.2) is 9.78 Å². The Hall–Kier alpha value is -2.56. The Morgan fingerprint density at radius 1 is 1.19 bits per heavy atom. The van der Waals surface area contributed by atoms with E-state index >= 15 is 0 Å². The van der Waals surface area contributed by atoms with Crippen molar-refractivity contribution in [2.45, 2.75) is 13.3 Å². The number of ether oxygens (including phenoxy) is 2. The number of hydrogen-bond acceptors (Lipinski definition) is 4. The lowest BCUT2D eigenvalue weighted by Crippen LogP contribution is -2.09. The SMILES string of the molecule is Cc1cccc(OCCCOc2cccnc2C(=O)O)c1. The molecule has 2 rings (SSSR count). The Bertz CT molecular complexity index is 613. The van der Waals surface area contributed by atoms with Gasteiger partial charge in [-0.3, -0.25) is 0 Å². The molecule has 2 aromatic rings. The van der Waals surface area contributed by atoms with Gasteiger partial charge in [0.1, 0.15) is 5.75 Å². The minimum atomic E-state index is -1.10. The molecule has 5 nitrogen and oxygen atoms in total. The van der Waals surface area contributed by atoms with Crippen LogP contribution in [0, 0.1) is 6.92 Å². The van der Waals surface area contributed by atoms with Gasteiger partial charge in [-0.05, 0) is 36.8 Å². The first kappa shape index (κ1) is 14.8. The van der Waals surface area contributed by atoms with E-state index < -0.39 is 5.97 Å². The fraction of sp³-hybridized carbons (Fsp3) is 0.250. The quantitative estimate of drug-likeness (QED) is 0.793. The standard InChI is InChI=1S/C16H17NO4/c1-12-5-2-6-13(11-12)20-9-4-10-21-14-7-3-8-17-15(14)16(18)19/h2-3,5-8,11H,4,9-10H2,1H3,(H,18,19). The molecule has 0 saturated carbocycles. The second-order valence-electron chi connectivity index (χ2n) is 4.52. The molecule has 0 radical (unpaired) electrons. The van der Waals surface area contributed by atoms with Crippen LogP contribution >= 0.6 is 0 Å². The van der Waals surface area contributed by atoms with Gasteiger partial charge < -0.3 is 14.6 Å². The molecule has 0 saturated heterocycles. The van der Waals surface area contributed by atoms with Gasteiger partial charge >= 0.3 is 5.97 Å².